The first-order chi connectivity index (χ1) is 15.4. The van der Waals surface area contributed by atoms with E-state index in [2.05, 4.69) is 10.3 Å². The number of carboxylic acid groups (broad SMARTS) is 1. The molecule has 0 fully saturated rings. The Morgan fingerprint density at radius 3 is 2.53 bits per heavy atom. The molecular weight excluding hydrogens is 428 g/mol. The first kappa shape index (κ1) is 21.2. The van der Waals surface area contributed by atoms with Crippen molar-refractivity contribution in [1.29, 1.82) is 0 Å². The highest BCUT2D eigenvalue weighted by Crippen LogP contribution is 2.33. The lowest BCUT2D eigenvalue weighted by Crippen LogP contribution is -2.23. The van der Waals surface area contributed by atoms with E-state index in [0.29, 0.717) is 5.75 Å². The van der Waals surface area contributed by atoms with Gasteiger partial charge in [0.1, 0.15) is 10.6 Å². The quantitative estimate of drug-likeness (QED) is 0.324. The number of rotatable bonds is 6. The number of ether oxygens (including phenoxy) is 1. The smallest absolute Gasteiger partial charge is 0.394 e. The molecular formula is C24H18N2O5S. The average Bonchev–Trinajstić information content (AvgIpc) is 3.15. The second-order valence-corrected chi connectivity index (χ2v) is 8.08. The van der Waals surface area contributed by atoms with Gasteiger partial charge < -0.3 is 9.84 Å². The zero-order valence-corrected chi connectivity index (χ0v) is 17.8. The number of anilines is 1. The molecule has 0 atom stereocenters. The summed E-state index contributed by atoms with van der Waals surface area (Å²) >= 11 is 0.954. The first-order valence-electron chi connectivity index (χ1n) is 9.69. The Kier molecular flexibility index (Phi) is 5.96. The van der Waals surface area contributed by atoms with Crippen LogP contribution in [0.15, 0.2) is 66.7 Å². The molecule has 7 nitrogen and oxygen atoms in total. The topological polar surface area (TPSA) is 106 Å². The van der Waals surface area contributed by atoms with Gasteiger partial charge in [0.2, 0.25) is 0 Å². The Morgan fingerprint density at radius 2 is 1.78 bits per heavy atom. The van der Waals surface area contributed by atoms with Crippen LogP contribution in [0.2, 0.25) is 0 Å². The number of fused-ring (bicyclic) bond motifs is 1. The van der Waals surface area contributed by atoms with Crippen molar-refractivity contribution in [3.63, 3.8) is 0 Å². The third kappa shape index (κ3) is 4.81. The second kappa shape index (κ2) is 8.99. The summed E-state index contributed by atoms with van der Waals surface area (Å²) < 4.78 is 5.74. The number of hydrogen-bond donors (Lipinski definition) is 2. The summed E-state index contributed by atoms with van der Waals surface area (Å²) in [6.07, 6.45) is 0.0624. The lowest BCUT2D eigenvalue weighted by atomic mass is 10.0. The molecule has 1 heterocycles. The van der Waals surface area contributed by atoms with Gasteiger partial charge in [0.25, 0.3) is 5.19 Å². The van der Waals surface area contributed by atoms with E-state index in [1.807, 2.05) is 61.5 Å². The number of carbonyl (C=O) groups is 3. The van der Waals surface area contributed by atoms with Gasteiger partial charge in [-0.25, -0.2) is 4.79 Å². The van der Waals surface area contributed by atoms with Crippen LogP contribution in [0, 0.1) is 6.92 Å². The number of aryl methyl sites for hydroxylation is 1. The molecule has 4 aromatic rings. The standard InChI is InChI=1S/C24H18N2O5S/c1-14-5-4-8-18(11-14)31-24-26-21(25-22(28)23(29)30)20(32-24)19(27)13-15-9-10-16-6-2-3-7-17(16)12-15/h2-12H,13H2,1H3,(H,25,28)(H,29,30). The Hall–Kier alpha value is -4.04. The maximum Gasteiger partial charge on any atom is 0.394 e. The van der Waals surface area contributed by atoms with Crippen molar-refractivity contribution in [2.75, 3.05) is 5.32 Å². The maximum atomic E-state index is 13.1. The van der Waals surface area contributed by atoms with Crippen molar-refractivity contribution < 1.29 is 24.2 Å². The number of Topliss-reactive ketones (excluding diaryl/α,β-unsaturated/α-hetero) is 1. The molecule has 0 saturated carbocycles. The summed E-state index contributed by atoms with van der Waals surface area (Å²) in [5.74, 6) is -2.87. The van der Waals surface area contributed by atoms with Crippen LogP contribution >= 0.6 is 11.3 Å². The Labute approximate surface area is 187 Å². The molecule has 1 aromatic heterocycles. The SMILES string of the molecule is Cc1cccc(Oc2nc(NC(=O)C(=O)O)c(C(=O)Cc3ccc4ccccc4c3)s2)c1. The van der Waals surface area contributed by atoms with E-state index in [-0.39, 0.29) is 28.1 Å². The fraction of sp³-hybridized carbons (Fsp3) is 0.0833. The summed E-state index contributed by atoms with van der Waals surface area (Å²) in [4.78, 5) is 40.0. The van der Waals surface area contributed by atoms with E-state index in [0.717, 1.165) is 33.2 Å². The van der Waals surface area contributed by atoms with Gasteiger partial charge in [0.05, 0.1) is 0 Å². The Balaban J connectivity index is 1.63. The van der Waals surface area contributed by atoms with Gasteiger partial charge in [-0.05, 0) is 41.0 Å². The average molecular weight is 446 g/mol. The first-order valence-corrected chi connectivity index (χ1v) is 10.5. The number of aromatic nitrogens is 1. The van der Waals surface area contributed by atoms with Crippen molar-refractivity contribution >= 4 is 45.6 Å². The molecule has 1 amide bonds. The molecule has 4 rings (SSSR count). The summed E-state index contributed by atoms with van der Waals surface area (Å²) in [6, 6.07) is 20.8. The minimum absolute atomic E-state index is 0.0624. The molecule has 3 aromatic carbocycles. The number of nitrogens with one attached hydrogen (secondary N) is 1. The molecule has 0 unspecified atom stereocenters. The Bertz CT molecular complexity index is 1350. The predicted octanol–water partition coefficient (Wildman–Crippen LogP) is 4.85. The second-order valence-electron chi connectivity index (χ2n) is 7.12. The van der Waals surface area contributed by atoms with Crippen LogP contribution < -0.4 is 10.1 Å². The number of benzene rings is 3. The third-order valence-electron chi connectivity index (χ3n) is 4.66. The molecule has 0 spiro atoms. The fourth-order valence-electron chi connectivity index (χ4n) is 3.17. The number of thiazole rings is 1. The number of carboxylic acids is 1. The van der Waals surface area contributed by atoms with Crippen LogP contribution in [0.3, 0.4) is 0 Å². The Morgan fingerprint density at radius 1 is 1.00 bits per heavy atom. The van der Waals surface area contributed by atoms with Crippen LogP contribution in [0.1, 0.15) is 20.8 Å². The van der Waals surface area contributed by atoms with Crippen molar-refractivity contribution in [3.05, 3.63) is 82.7 Å². The molecule has 8 heteroatoms. The van der Waals surface area contributed by atoms with Crippen LogP contribution in [0.4, 0.5) is 5.82 Å². The molecule has 0 bridgehead atoms. The summed E-state index contributed by atoms with van der Waals surface area (Å²) in [7, 11) is 0. The molecule has 2 N–H and O–H groups in total. The van der Waals surface area contributed by atoms with Crippen LogP contribution in [-0.4, -0.2) is 27.8 Å². The van der Waals surface area contributed by atoms with E-state index >= 15 is 0 Å². The van der Waals surface area contributed by atoms with Crippen molar-refractivity contribution in [2.24, 2.45) is 0 Å². The zero-order chi connectivity index (χ0) is 22.7. The highest BCUT2D eigenvalue weighted by Gasteiger charge is 2.23. The van der Waals surface area contributed by atoms with E-state index < -0.39 is 11.9 Å². The van der Waals surface area contributed by atoms with Crippen LogP contribution in [0.25, 0.3) is 10.8 Å². The molecule has 160 valence electrons. The van der Waals surface area contributed by atoms with Gasteiger partial charge in [-0.1, -0.05) is 65.9 Å². The minimum Gasteiger partial charge on any atom is -0.474 e. The van der Waals surface area contributed by atoms with Gasteiger partial charge >= 0.3 is 11.9 Å². The summed E-state index contributed by atoms with van der Waals surface area (Å²) in [6.45, 7) is 1.91. The largest absolute Gasteiger partial charge is 0.474 e. The molecule has 0 radical (unpaired) electrons. The van der Waals surface area contributed by atoms with Crippen LogP contribution in [-0.2, 0) is 16.0 Å². The number of hydrogen-bond acceptors (Lipinski definition) is 6. The van der Waals surface area contributed by atoms with Crippen LogP contribution in [0.5, 0.6) is 10.9 Å². The number of ketones is 1. The number of aliphatic carboxylic acids is 1. The normalized spacial score (nSPS) is 10.7. The third-order valence-corrected chi connectivity index (χ3v) is 5.63. The van der Waals surface area contributed by atoms with Gasteiger partial charge in [-0.3, -0.25) is 14.9 Å². The van der Waals surface area contributed by atoms with Crippen molar-refractivity contribution in [1.82, 2.24) is 4.98 Å². The summed E-state index contributed by atoms with van der Waals surface area (Å²) in [5, 5.41) is 13.3. The van der Waals surface area contributed by atoms with Crippen molar-refractivity contribution in [2.45, 2.75) is 13.3 Å². The molecule has 0 saturated heterocycles. The lowest BCUT2D eigenvalue weighted by Gasteiger charge is -2.04. The zero-order valence-electron chi connectivity index (χ0n) is 17.0. The van der Waals surface area contributed by atoms with E-state index in [9.17, 15) is 14.4 Å². The number of carbonyl (C=O) groups excluding carboxylic acids is 2. The van der Waals surface area contributed by atoms with E-state index in [1.54, 1.807) is 12.1 Å². The van der Waals surface area contributed by atoms with Crippen molar-refractivity contribution in [3.8, 4) is 10.9 Å². The molecule has 0 aliphatic heterocycles. The molecule has 0 aliphatic carbocycles. The number of nitrogens with zero attached hydrogens (tertiary/aromatic N) is 1. The number of amides is 1. The fourth-order valence-corrected chi connectivity index (χ4v) is 4.00. The predicted molar refractivity (Wildman–Crippen MR) is 122 cm³/mol. The lowest BCUT2D eigenvalue weighted by molar-refractivity contribution is -0.147. The highest BCUT2D eigenvalue weighted by atomic mass is 32.1. The van der Waals surface area contributed by atoms with E-state index in [1.165, 1.54) is 0 Å². The molecule has 32 heavy (non-hydrogen) atoms. The monoisotopic (exact) mass is 446 g/mol. The van der Waals surface area contributed by atoms with E-state index in [4.69, 9.17) is 9.84 Å². The van der Waals surface area contributed by atoms with Gasteiger partial charge in [-0.15, -0.1) is 0 Å². The maximum absolute atomic E-state index is 13.1. The highest BCUT2D eigenvalue weighted by molar-refractivity contribution is 7.16. The summed E-state index contributed by atoms with van der Waals surface area (Å²) in [5.41, 5.74) is 1.77. The van der Waals surface area contributed by atoms with Gasteiger partial charge in [-0.2, -0.15) is 4.98 Å². The van der Waals surface area contributed by atoms with Gasteiger partial charge in [0, 0.05) is 6.42 Å². The van der Waals surface area contributed by atoms with Gasteiger partial charge in [0.15, 0.2) is 11.6 Å². The molecule has 0 aliphatic rings. The minimum atomic E-state index is -1.67.